The van der Waals surface area contributed by atoms with Gasteiger partial charge < -0.3 is 14.6 Å². The van der Waals surface area contributed by atoms with Crippen LogP contribution in [0.15, 0.2) is 12.1 Å². The Kier molecular flexibility index (Phi) is 2.82. The van der Waals surface area contributed by atoms with Crippen LogP contribution in [0.5, 0.6) is 17.2 Å². The number of aromatic hydroxyl groups is 1. The van der Waals surface area contributed by atoms with Crippen LogP contribution in [0.4, 0.5) is 0 Å². The third-order valence-corrected chi connectivity index (χ3v) is 4.03. The molecule has 2 heterocycles. The van der Waals surface area contributed by atoms with Gasteiger partial charge in [0.25, 0.3) is 0 Å². The van der Waals surface area contributed by atoms with E-state index in [2.05, 4.69) is 18.7 Å². The second-order valence-electron chi connectivity index (χ2n) is 5.48. The average Bonchev–Trinajstić information content (AvgIpc) is 2.87. The van der Waals surface area contributed by atoms with Crippen molar-refractivity contribution < 1.29 is 14.6 Å². The third-order valence-electron chi connectivity index (χ3n) is 4.03. The maximum absolute atomic E-state index is 10.0. The third kappa shape index (κ3) is 2.01. The number of hydrogen-bond donors (Lipinski definition) is 1. The van der Waals surface area contributed by atoms with Crippen molar-refractivity contribution in [2.75, 3.05) is 19.9 Å². The molecular formula is C14H19NO3. The molecule has 0 aromatic heterocycles. The second-order valence-corrected chi connectivity index (χ2v) is 5.48. The van der Waals surface area contributed by atoms with Crippen molar-refractivity contribution in [2.24, 2.45) is 11.8 Å². The van der Waals surface area contributed by atoms with Crippen LogP contribution in [0.3, 0.4) is 0 Å². The Morgan fingerprint density at radius 1 is 1.17 bits per heavy atom. The molecule has 0 aliphatic carbocycles. The van der Waals surface area contributed by atoms with Gasteiger partial charge in [0.2, 0.25) is 6.79 Å². The van der Waals surface area contributed by atoms with Gasteiger partial charge in [-0.2, -0.15) is 0 Å². The molecule has 0 radical (unpaired) electrons. The molecule has 2 aliphatic rings. The van der Waals surface area contributed by atoms with E-state index >= 15 is 0 Å². The minimum absolute atomic E-state index is 0.246. The number of hydrogen-bond acceptors (Lipinski definition) is 4. The zero-order valence-electron chi connectivity index (χ0n) is 10.8. The van der Waals surface area contributed by atoms with Crippen LogP contribution in [-0.4, -0.2) is 29.9 Å². The Balaban J connectivity index is 1.77. The molecule has 0 spiro atoms. The van der Waals surface area contributed by atoms with E-state index in [0.29, 0.717) is 11.5 Å². The second kappa shape index (κ2) is 4.35. The molecule has 18 heavy (non-hydrogen) atoms. The summed E-state index contributed by atoms with van der Waals surface area (Å²) in [6.45, 7) is 7.77. The first-order valence-corrected chi connectivity index (χ1v) is 6.47. The minimum Gasteiger partial charge on any atom is -0.507 e. The van der Waals surface area contributed by atoms with E-state index in [-0.39, 0.29) is 6.79 Å². The molecule has 4 nitrogen and oxygen atoms in total. The van der Waals surface area contributed by atoms with Crippen LogP contribution in [-0.2, 0) is 6.54 Å². The number of benzene rings is 1. The molecule has 0 amide bonds. The van der Waals surface area contributed by atoms with E-state index in [1.165, 1.54) is 0 Å². The standard InChI is InChI=1S/C14H19NO3/c1-9-5-15(6-10(9)2)7-11-3-13-14(4-12(11)16)18-8-17-13/h3-4,9-10,16H,5-8H2,1-2H3. The lowest BCUT2D eigenvalue weighted by Crippen LogP contribution is -2.20. The van der Waals surface area contributed by atoms with E-state index in [9.17, 15) is 5.11 Å². The van der Waals surface area contributed by atoms with Crippen molar-refractivity contribution in [1.82, 2.24) is 4.90 Å². The number of fused-ring (bicyclic) bond motifs is 1. The fourth-order valence-electron chi connectivity index (χ4n) is 2.72. The molecule has 2 unspecified atom stereocenters. The van der Waals surface area contributed by atoms with Crippen molar-refractivity contribution in [1.29, 1.82) is 0 Å². The van der Waals surface area contributed by atoms with Crippen LogP contribution in [0.1, 0.15) is 19.4 Å². The van der Waals surface area contributed by atoms with Crippen molar-refractivity contribution in [3.05, 3.63) is 17.7 Å². The summed E-state index contributed by atoms with van der Waals surface area (Å²) < 4.78 is 10.6. The van der Waals surface area contributed by atoms with Gasteiger partial charge in [-0.25, -0.2) is 0 Å². The van der Waals surface area contributed by atoms with Gasteiger partial charge in [0.15, 0.2) is 11.5 Å². The zero-order valence-corrected chi connectivity index (χ0v) is 10.8. The number of nitrogens with zero attached hydrogens (tertiary/aromatic N) is 1. The lowest BCUT2D eigenvalue weighted by Gasteiger charge is -2.16. The topological polar surface area (TPSA) is 41.9 Å². The smallest absolute Gasteiger partial charge is 0.231 e. The van der Waals surface area contributed by atoms with E-state index < -0.39 is 0 Å². The monoisotopic (exact) mass is 249 g/mol. The first kappa shape index (κ1) is 11.7. The quantitative estimate of drug-likeness (QED) is 0.872. The molecule has 1 aromatic carbocycles. The van der Waals surface area contributed by atoms with Gasteiger partial charge in [-0.15, -0.1) is 0 Å². The summed E-state index contributed by atoms with van der Waals surface area (Å²) in [6, 6.07) is 3.55. The van der Waals surface area contributed by atoms with E-state index in [1.54, 1.807) is 6.07 Å². The summed E-state index contributed by atoms with van der Waals surface area (Å²) in [5, 5.41) is 10.0. The van der Waals surface area contributed by atoms with Gasteiger partial charge in [-0.1, -0.05) is 13.8 Å². The molecule has 1 fully saturated rings. The molecule has 1 aromatic rings. The van der Waals surface area contributed by atoms with Crippen LogP contribution < -0.4 is 9.47 Å². The number of phenols is 1. The summed E-state index contributed by atoms with van der Waals surface area (Å²) in [7, 11) is 0. The Bertz CT molecular complexity index is 451. The Morgan fingerprint density at radius 3 is 2.44 bits per heavy atom. The van der Waals surface area contributed by atoms with Crippen LogP contribution >= 0.6 is 0 Å². The van der Waals surface area contributed by atoms with E-state index in [1.807, 2.05) is 6.07 Å². The van der Waals surface area contributed by atoms with Gasteiger partial charge in [0.1, 0.15) is 5.75 Å². The van der Waals surface area contributed by atoms with E-state index in [4.69, 9.17) is 9.47 Å². The SMILES string of the molecule is CC1CN(Cc2cc3c(cc2O)OCO3)CC1C. The molecular weight excluding hydrogens is 230 g/mol. The molecule has 2 aliphatic heterocycles. The summed E-state index contributed by atoms with van der Waals surface area (Å²) in [5.41, 5.74) is 0.917. The molecule has 0 saturated carbocycles. The molecule has 3 rings (SSSR count). The van der Waals surface area contributed by atoms with Gasteiger partial charge in [0, 0.05) is 31.3 Å². The number of ether oxygens (including phenoxy) is 2. The fraction of sp³-hybridized carbons (Fsp3) is 0.571. The molecule has 2 atom stereocenters. The summed E-state index contributed by atoms with van der Waals surface area (Å²) in [5.74, 6) is 3.12. The Hall–Kier alpha value is -1.42. The Labute approximate surface area is 107 Å². The largest absolute Gasteiger partial charge is 0.507 e. The molecule has 98 valence electrons. The van der Waals surface area contributed by atoms with Crippen molar-refractivity contribution >= 4 is 0 Å². The van der Waals surface area contributed by atoms with Crippen LogP contribution in [0, 0.1) is 11.8 Å². The number of rotatable bonds is 2. The van der Waals surface area contributed by atoms with E-state index in [0.717, 1.165) is 42.8 Å². The first-order chi connectivity index (χ1) is 8.63. The first-order valence-electron chi connectivity index (χ1n) is 6.47. The predicted octanol–water partition coefficient (Wildman–Crippen LogP) is 2.21. The number of likely N-dealkylation sites (tertiary alicyclic amines) is 1. The van der Waals surface area contributed by atoms with Gasteiger partial charge in [-0.05, 0) is 17.9 Å². The van der Waals surface area contributed by atoms with Crippen LogP contribution in [0.25, 0.3) is 0 Å². The highest BCUT2D eigenvalue weighted by atomic mass is 16.7. The molecule has 1 N–H and O–H groups in total. The van der Waals surface area contributed by atoms with Gasteiger partial charge >= 0.3 is 0 Å². The van der Waals surface area contributed by atoms with Gasteiger partial charge in [-0.3, -0.25) is 4.90 Å². The summed E-state index contributed by atoms with van der Waals surface area (Å²) in [6.07, 6.45) is 0. The highest BCUT2D eigenvalue weighted by Gasteiger charge is 2.27. The normalized spacial score (nSPS) is 26.8. The van der Waals surface area contributed by atoms with Crippen molar-refractivity contribution in [2.45, 2.75) is 20.4 Å². The summed E-state index contributed by atoms with van der Waals surface area (Å²) in [4.78, 5) is 2.38. The Morgan fingerprint density at radius 2 is 1.78 bits per heavy atom. The fourth-order valence-corrected chi connectivity index (χ4v) is 2.72. The minimum atomic E-state index is 0.246. The highest BCUT2D eigenvalue weighted by molar-refractivity contribution is 5.51. The molecule has 0 bridgehead atoms. The van der Waals surface area contributed by atoms with Gasteiger partial charge in [0.05, 0.1) is 0 Å². The number of phenolic OH excluding ortho intramolecular Hbond substituents is 1. The summed E-state index contributed by atoms with van der Waals surface area (Å²) >= 11 is 0. The average molecular weight is 249 g/mol. The van der Waals surface area contributed by atoms with Crippen molar-refractivity contribution in [3.8, 4) is 17.2 Å². The lowest BCUT2D eigenvalue weighted by molar-refractivity contribution is 0.174. The van der Waals surface area contributed by atoms with Crippen molar-refractivity contribution in [3.63, 3.8) is 0 Å². The maximum Gasteiger partial charge on any atom is 0.231 e. The highest BCUT2D eigenvalue weighted by Crippen LogP contribution is 2.38. The zero-order chi connectivity index (χ0) is 12.7. The molecule has 4 heteroatoms. The molecule has 1 saturated heterocycles. The predicted molar refractivity (Wildman–Crippen MR) is 67.8 cm³/mol. The van der Waals surface area contributed by atoms with Crippen LogP contribution in [0.2, 0.25) is 0 Å². The lowest BCUT2D eigenvalue weighted by atomic mass is 10.0. The maximum atomic E-state index is 10.0.